The summed E-state index contributed by atoms with van der Waals surface area (Å²) in [5, 5.41) is 5.59. The van der Waals surface area contributed by atoms with E-state index < -0.39 is 0 Å². The van der Waals surface area contributed by atoms with Crippen molar-refractivity contribution in [1.82, 2.24) is 9.55 Å². The van der Waals surface area contributed by atoms with E-state index in [2.05, 4.69) is 22.5 Å². The SMILES string of the molecule is CCCn1c(NC(=O)c2ccc3c(c2)OCC(=O)N3)nc2ccccc21. The van der Waals surface area contributed by atoms with Crippen molar-refractivity contribution in [3.8, 4) is 5.75 Å². The maximum Gasteiger partial charge on any atom is 0.262 e. The maximum atomic E-state index is 12.7. The number of ether oxygens (including phenoxy) is 1. The molecule has 0 unspecified atom stereocenters. The summed E-state index contributed by atoms with van der Waals surface area (Å²) in [4.78, 5) is 28.6. The number of aryl methyl sites for hydroxylation is 1. The third kappa shape index (κ3) is 2.88. The zero-order valence-electron chi connectivity index (χ0n) is 14.3. The van der Waals surface area contributed by atoms with Gasteiger partial charge in [-0.05, 0) is 36.8 Å². The van der Waals surface area contributed by atoms with Crippen LogP contribution in [0, 0.1) is 0 Å². The van der Waals surface area contributed by atoms with E-state index in [0.29, 0.717) is 22.9 Å². The number of para-hydroxylation sites is 2. The zero-order valence-corrected chi connectivity index (χ0v) is 14.3. The molecule has 2 aromatic carbocycles. The molecule has 0 fully saturated rings. The number of carbonyl (C=O) groups is 2. The Balaban J connectivity index is 1.63. The van der Waals surface area contributed by atoms with E-state index in [1.807, 2.05) is 28.8 Å². The van der Waals surface area contributed by atoms with Crippen molar-refractivity contribution in [2.24, 2.45) is 0 Å². The van der Waals surface area contributed by atoms with Crippen molar-refractivity contribution in [3.63, 3.8) is 0 Å². The van der Waals surface area contributed by atoms with Crippen molar-refractivity contribution in [3.05, 3.63) is 48.0 Å². The highest BCUT2D eigenvalue weighted by molar-refractivity contribution is 6.05. The number of hydrogen-bond acceptors (Lipinski definition) is 4. The monoisotopic (exact) mass is 350 g/mol. The summed E-state index contributed by atoms with van der Waals surface area (Å²) in [6.07, 6.45) is 0.926. The van der Waals surface area contributed by atoms with Crippen LogP contribution in [0.3, 0.4) is 0 Å². The van der Waals surface area contributed by atoms with Gasteiger partial charge in [0.05, 0.1) is 16.7 Å². The number of imidazole rings is 1. The fraction of sp³-hybridized carbons (Fsp3) is 0.211. The van der Waals surface area contributed by atoms with Gasteiger partial charge in [-0.1, -0.05) is 19.1 Å². The van der Waals surface area contributed by atoms with E-state index >= 15 is 0 Å². The molecule has 2 N–H and O–H groups in total. The zero-order chi connectivity index (χ0) is 18.1. The first kappa shape index (κ1) is 16.1. The molecule has 26 heavy (non-hydrogen) atoms. The van der Waals surface area contributed by atoms with Crippen LogP contribution in [0.5, 0.6) is 5.75 Å². The molecule has 7 nitrogen and oxygen atoms in total. The Kier molecular flexibility index (Phi) is 4.04. The van der Waals surface area contributed by atoms with Gasteiger partial charge in [0.15, 0.2) is 6.61 Å². The van der Waals surface area contributed by atoms with Crippen LogP contribution < -0.4 is 15.4 Å². The van der Waals surface area contributed by atoms with E-state index in [9.17, 15) is 9.59 Å². The number of rotatable bonds is 4. The highest BCUT2D eigenvalue weighted by Crippen LogP contribution is 2.29. The molecule has 1 aliphatic heterocycles. The standard InChI is InChI=1S/C19H18N4O3/c1-2-9-23-15-6-4-3-5-13(15)21-19(23)22-18(25)12-7-8-14-16(10-12)26-11-17(24)20-14/h3-8,10H,2,9,11H2,1H3,(H,20,24)(H,21,22,25). The van der Waals surface area contributed by atoms with Crippen LogP contribution in [0.4, 0.5) is 11.6 Å². The number of carbonyl (C=O) groups excluding carboxylic acids is 2. The van der Waals surface area contributed by atoms with Crippen LogP contribution in [0.15, 0.2) is 42.5 Å². The van der Waals surface area contributed by atoms with E-state index in [-0.39, 0.29) is 18.4 Å². The van der Waals surface area contributed by atoms with Crippen molar-refractivity contribution in [2.75, 3.05) is 17.2 Å². The van der Waals surface area contributed by atoms with Crippen molar-refractivity contribution in [2.45, 2.75) is 19.9 Å². The average molecular weight is 350 g/mol. The third-order valence-electron chi connectivity index (χ3n) is 4.20. The maximum absolute atomic E-state index is 12.7. The average Bonchev–Trinajstić information content (AvgIpc) is 2.99. The smallest absolute Gasteiger partial charge is 0.262 e. The van der Waals surface area contributed by atoms with Crippen molar-refractivity contribution in [1.29, 1.82) is 0 Å². The van der Waals surface area contributed by atoms with Crippen LogP contribution in [0.2, 0.25) is 0 Å². The minimum absolute atomic E-state index is 0.0512. The van der Waals surface area contributed by atoms with Crippen LogP contribution >= 0.6 is 0 Å². The van der Waals surface area contributed by atoms with Gasteiger partial charge in [0, 0.05) is 12.1 Å². The lowest BCUT2D eigenvalue weighted by atomic mass is 10.1. The quantitative estimate of drug-likeness (QED) is 0.757. The van der Waals surface area contributed by atoms with Gasteiger partial charge in [-0.15, -0.1) is 0 Å². The number of benzene rings is 2. The molecule has 1 aliphatic rings. The highest BCUT2D eigenvalue weighted by Gasteiger charge is 2.19. The number of fused-ring (bicyclic) bond motifs is 2. The van der Waals surface area contributed by atoms with Crippen LogP contribution in [-0.2, 0) is 11.3 Å². The van der Waals surface area contributed by atoms with Gasteiger partial charge in [0.25, 0.3) is 11.8 Å². The molecule has 0 radical (unpaired) electrons. The predicted octanol–water partition coefficient (Wildman–Crippen LogP) is 3.03. The van der Waals surface area contributed by atoms with Crippen molar-refractivity contribution >= 4 is 34.5 Å². The van der Waals surface area contributed by atoms with Gasteiger partial charge in [0.1, 0.15) is 5.75 Å². The number of nitrogens with one attached hydrogen (secondary N) is 2. The molecule has 3 aromatic rings. The lowest BCUT2D eigenvalue weighted by Crippen LogP contribution is -2.25. The Labute approximate surface area is 150 Å². The fourth-order valence-corrected chi connectivity index (χ4v) is 3.01. The molecular formula is C19H18N4O3. The van der Waals surface area contributed by atoms with Crippen LogP contribution in [-0.4, -0.2) is 28.0 Å². The number of amides is 2. The van der Waals surface area contributed by atoms with Gasteiger partial charge in [-0.2, -0.15) is 0 Å². The molecular weight excluding hydrogens is 332 g/mol. The second-order valence-corrected chi connectivity index (χ2v) is 6.08. The molecule has 0 aliphatic carbocycles. The minimum Gasteiger partial charge on any atom is -0.482 e. The lowest BCUT2D eigenvalue weighted by Gasteiger charge is -2.18. The molecule has 7 heteroatoms. The van der Waals surface area contributed by atoms with Crippen LogP contribution in [0.1, 0.15) is 23.7 Å². The second kappa shape index (κ2) is 6.51. The molecule has 0 spiro atoms. The lowest BCUT2D eigenvalue weighted by molar-refractivity contribution is -0.118. The van der Waals surface area contributed by atoms with E-state index in [1.165, 1.54) is 0 Å². The summed E-state index contributed by atoms with van der Waals surface area (Å²) in [6.45, 7) is 2.79. The summed E-state index contributed by atoms with van der Waals surface area (Å²) in [5.74, 6) is 0.522. The van der Waals surface area contributed by atoms with E-state index in [0.717, 1.165) is 24.0 Å². The molecule has 0 saturated heterocycles. The number of hydrogen-bond donors (Lipinski definition) is 2. The van der Waals surface area contributed by atoms with Gasteiger partial charge in [0.2, 0.25) is 5.95 Å². The molecule has 2 heterocycles. The Morgan fingerprint density at radius 3 is 3.00 bits per heavy atom. The summed E-state index contributed by atoms with van der Waals surface area (Å²) in [5.41, 5.74) is 2.83. The van der Waals surface area contributed by atoms with Gasteiger partial charge >= 0.3 is 0 Å². The van der Waals surface area contributed by atoms with E-state index in [1.54, 1.807) is 18.2 Å². The first-order valence-electron chi connectivity index (χ1n) is 8.49. The molecule has 2 amide bonds. The fourth-order valence-electron chi connectivity index (χ4n) is 3.01. The topological polar surface area (TPSA) is 85.2 Å². The third-order valence-corrected chi connectivity index (χ3v) is 4.20. The molecule has 1 aromatic heterocycles. The molecule has 132 valence electrons. The Morgan fingerprint density at radius 2 is 2.15 bits per heavy atom. The summed E-state index contributed by atoms with van der Waals surface area (Å²) < 4.78 is 7.38. The summed E-state index contributed by atoms with van der Waals surface area (Å²) in [7, 11) is 0. The normalized spacial score (nSPS) is 13.0. The van der Waals surface area contributed by atoms with E-state index in [4.69, 9.17) is 4.74 Å². The number of aromatic nitrogens is 2. The first-order chi connectivity index (χ1) is 12.7. The Bertz CT molecular complexity index is 1010. The molecule has 0 saturated carbocycles. The summed E-state index contributed by atoms with van der Waals surface area (Å²) in [6, 6.07) is 12.7. The molecule has 4 rings (SSSR count). The Hall–Kier alpha value is -3.35. The minimum atomic E-state index is -0.277. The first-order valence-corrected chi connectivity index (χ1v) is 8.49. The van der Waals surface area contributed by atoms with Gasteiger partial charge in [-0.25, -0.2) is 4.98 Å². The summed E-state index contributed by atoms with van der Waals surface area (Å²) >= 11 is 0. The van der Waals surface area contributed by atoms with Crippen LogP contribution in [0.25, 0.3) is 11.0 Å². The predicted molar refractivity (Wildman–Crippen MR) is 98.5 cm³/mol. The molecule has 0 atom stereocenters. The van der Waals surface area contributed by atoms with Gasteiger partial charge < -0.3 is 14.6 Å². The van der Waals surface area contributed by atoms with Crippen molar-refractivity contribution < 1.29 is 14.3 Å². The second-order valence-electron chi connectivity index (χ2n) is 6.08. The molecule has 0 bridgehead atoms. The number of anilines is 2. The van der Waals surface area contributed by atoms with Gasteiger partial charge in [-0.3, -0.25) is 14.9 Å². The highest BCUT2D eigenvalue weighted by atomic mass is 16.5. The number of nitrogens with zero attached hydrogens (tertiary/aromatic N) is 2. The largest absolute Gasteiger partial charge is 0.482 e. The Morgan fingerprint density at radius 1 is 1.31 bits per heavy atom.